The first kappa shape index (κ1) is 81.2. The summed E-state index contributed by atoms with van der Waals surface area (Å²) in [6.07, 6.45) is 69.2. The van der Waals surface area contributed by atoms with Crippen molar-refractivity contribution in [1.29, 1.82) is 0 Å². The summed E-state index contributed by atoms with van der Waals surface area (Å²) >= 11 is 0. The molecule has 0 aromatic heterocycles. The van der Waals surface area contributed by atoms with Crippen molar-refractivity contribution in [3.8, 4) is 0 Å². The average Bonchev–Trinajstić information content (AvgIpc) is 2.53. The molecule has 0 saturated carbocycles. The number of hydrogen-bond acceptors (Lipinski definition) is 13. The van der Waals surface area contributed by atoms with Crippen LogP contribution in [0.4, 0.5) is 0 Å². The lowest BCUT2D eigenvalue weighted by atomic mass is 9.97. The van der Waals surface area contributed by atoms with Crippen molar-refractivity contribution in [3.05, 3.63) is 134 Å². The van der Waals surface area contributed by atoms with Crippen LogP contribution in [0.15, 0.2) is 134 Å². The van der Waals surface area contributed by atoms with Crippen LogP contribution in [0.25, 0.3) is 0 Å². The van der Waals surface area contributed by atoms with Gasteiger partial charge < -0.3 is 65.1 Å². The van der Waals surface area contributed by atoms with Gasteiger partial charge in [-0.3, -0.25) is 4.79 Å². The highest BCUT2D eigenvalue weighted by Gasteiger charge is 2.51. The molecule has 0 aromatic rings. The van der Waals surface area contributed by atoms with Gasteiger partial charge in [-0.1, -0.05) is 257 Å². The van der Waals surface area contributed by atoms with Gasteiger partial charge in [-0.2, -0.15) is 0 Å². The second kappa shape index (κ2) is 58.0. The SMILES string of the molecule is CC/C=C\C/C=C\C/C=C\C/C=C\C/C=C\C/C=C\C/C=C\C/C=C\CCCCCCCCC(=O)NC(COC1OC(CO)C(OC2OC(CO)C(O)C(O)C2O)C(O)C1O)C(O)/C=C/CC/C=C/CC/C=C/CCCCCCCCCCCCCCCC. The van der Waals surface area contributed by atoms with Gasteiger partial charge in [-0.15, -0.1) is 0 Å². The Kier molecular flexibility index (Phi) is 52.9. The lowest BCUT2D eigenvalue weighted by Gasteiger charge is -2.46. The Hall–Kier alpha value is -3.87. The van der Waals surface area contributed by atoms with Gasteiger partial charge in [0.05, 0.1) is 32.0 Å². The van der Waals surface area contributed by atoms with E-state index < -0.39 is 86.8 Å². The second-order valence-electron chi connectivity index (χ2n) is 23.9. The quantitative estimate of drug-likeness (QED) is 0.0204. The molecule has 89 heavy (non-hydrogen) atoms. The summed E-state index contributed by atoms with van der Waals surface area (Å²) in [6, 6.07) is -0.958. The molecule has 2 rings (SSSR count). The van der Waals surface area contributed by atoms with Crippen LogP contribution in [-0.4, -0.2) is 140 Å². The molecule has 2 aliphatic heterocycles. The Balaban J connectivity index is 1.73. The standard InChI is InChI=1S/C75H125NO13/c1-3-5-7-9-11-13-15-17-19-21-23-25-27-29-30-31-32-33-34-35-37-39-41-43-45-47-49-51-53-55-57-59-67(80)76-63(62-86-74-72(85)70(83)73(66(61-78)88-74)89-75-71(84)69(82)68(81)65(60-77)87-75)64(79)58-56-54-52-50-48-46-44-42-40-38-36-28-26-24-22-20-18-16-14-12-10-8-6-4-2/h5,7,11,13,17,19,23,25,29-30,32-33,35,37,40-43,48,50,56,58,63-66,68-75,77-79,81-85H,3-4,6,8-10,12,14-16,18,20-22,24,26-28,31,34,36,38-39,44-47,49,51-55,57,59-62H2,1-2H3,(H,76,80)/b7-5-,13-11-,19-17-,25-23-,30-29-,33-32-,37-35-,42-40+,43-41-,50-48+,58-56+. The Morgan fingerprint density at radius 1 is 0.416 bits per heavy atom. The number of allylic oxidation sites excluding steroid dienone is 21. The molecule has 508 valence electrons. The summed E-state index contributed by atoms with van der Waals surface area (Å²) in [7, 11) is 0. The maximum atomic E-state index is 13.3. The molecule has 0 aliphatic carbocycles. The van der Waals surface area contributed by atoms with Crippen molar-refractivity contribution in [2.24, 2.45) is 0 Å². The van der Waals surface area contributed by atoms with E-state index in [4.69, 9.17) is 18.9 Å². The molecule has 12 atom stereocenters. The molecule has 12 unspecified atom stereocenters. The highest BCUT2D eigenvalue weighted by molar-refractivity contribution is 5.76. The fourth-order valence-electron chi connectivity index (χ4n) is 10.5. The molecule has 0 bridgehead atoms. The van der Waals surface area contributed by atoms with Gasteiger partial charge in [0.25, 0.3) is 0 Å². The number of amides is 1. The first-order valence-corrected chi connectivity index (χ1v) is 34.9. The third-order valence-electron chi connectivity index (χ3n) is 16.0. The van der Waals surface area contributed by atoms with Crippen molar-refractivity contribution in [3.63, 3.8) is 0 Å². The summed E-state index contributed by atoms with van der Waals surface area (Å²) in [5.74, 6) is -0.273. The van der Waals surface area contributed by atoms with E-state index in [1.165, 1.54) is 89.9 Å². The Morgan fingerprint density at radius 2 is 0.787 bits per heavy atom. The van der Waals surface area contributed by atoms with Crippen LogP contribution < -0.4 is 5.32 Å². The lowest BCUT2D eigenvalue weighted by Crippen LogP contribution is -2.65. The van der Waals surface area contributed by atoms with Gasteiger partial charge in [0, 0.05) is 6.42 Å². The van der Waals surface area contributed by atoms with E-state index >= 15 is 0 Å². The number of aliphatic hydroxyl groups is 8. The first-order valence-electron chi connectivity index (χ1n) is 34.9. The van der Waals surface area contributed by atoms with Gasteiger partial charge in [-0.25, -0.2) is 0 Å². The summed E-state index contributed by atoms with van der Waals surface area (Å²) in [4.78, 5) is 13.3. The van der Waals surface area contributed by atoms with E-state index in [1.54, 1.807) is 6.08 Å². The molecule has 2 fully saturated rings. The van der Waals surface area contributed by atoms with Crippen LogP contribution in [0.5, 0.6) is 0 Å². The van der Waals surface area contributed by atoms with E-state index in [1.807, 2.05) is 6.08 Å². The van der Waals surface area contributed by atoms with E-state index in [2.05, 4.69) is 141 Å². The third kappa shape index (κ3) is 42.1. The van der Waals surface area contributed by atoms with E-state index in [-0.39, 0.29) is 18.9 Å². The first-order chi connectivity index (χ1) is 43.6. The molecule has 0 radical (unpaired) electrons. The molecule has 2 aliphatic rings. The lowest BCUT2D eigenvalue weighted by molar-refractivity contribution is -0.359. The highest BCUT2D eigenvalue weighted by Crippen LogP contribution is 2.30. The Labute approximate surface area is 539 Å². The third-order valence-corrected chi connectivity index (χ3v) is 16.0. The van der Waals surface area contributed by atoms with Crippen LogP contribution >= 0.6 is 0 Å². The predicted octanol–water partition coefficient (Wildman–Crippen LogP) is 14.3. The number of hydrogen-bond donors (Lipinski definition) is 9. The van der Waals surface area contributed by atoms with Crippen LogP contribution in [0.1, 0.15) is 239 Å². The van der Waals surface area contributed by atoms with Crippen LogP contribution in [-0.2, 0) is 23.7 Å². The van der Waals surface area contributed by atoms with Crippen molar-refractivity contribution < 1.29 is 64.6 Å². The number of carbonyl (C=O) groups excluding carboxylic acids is 1. The van der Waals surface area contributed by atoms with Crippen molar-refractivity contribution in [2.45, 2.75) is 312 Å². The minimum absolute atomic E-state index is 0.244. The van der Waals surface area contributed by atoms with Gasteiger partial charge in [0.2, 0.25) is 5.91 Å². The number of aliphatic hydroxyl groups excluding tert-OH is 8. The van der Waals surface area contributed by atoms with Crippen molar-refractivity contribution >= 4 is 5.91 Å². The van der Waals surface area contributed by atoms with E-state index in [0.717, 1.165) is 116 Å². The average molecular weight is 1250 g/mol. The number of rotatable bonds is 55. The second-order valence-corrected chi connectivity index (χ2v) is 23.9. The minimum atomic E-state index is -1.80. The number of carbonyl (C=O) groups is 1. The maximum absolute atomic E-state index is 13.3. The van der Waals surface area contributed by atoms with Crippen LogP contribution in [0.3, 0.4) is 0 Å². The summed E-state index contributed by atoms with van der Waals surface area (Å²) < 4.78 is 22.8. The Bertz CT molecular complexity index is 2010. The molecule has 2 saturated heterocycles. The normalized spacial score (nSPS) is 23.9. The molecule has 2 heterocycles. The zero-order valence-electron chi connectivity index (χ0n) is 55.1. The van der Waals surface area contributed by atoms with Gasteiger partial charge in [-0.05, 0) is 109 Å². The van der Waals surface area contributed by atoms with E-state index in [0.29, 0.717) is 12.8 Å². The zero-order valence-corrected chi connectivity index (χ0v) is 55.1. The molecule has 9 N–H and O–H groups in total. The summed E-state index contributed by atoms with van der Waals surface area (Å²) in [6.45, 7) is 2.65. The largest absolute Gasteiger partial charge is 0.394 e. The monoisotopic (exact) mass is 1250 g/mol. The molecular formula is C75H125NO13. The van der Waals surface area contributed by atoms with Gasteiger partial charge in [0.15, 0.2) is 12.6 Å². The minimum Gasteiger partial charge on any atom is -0.394 e. The number of ether oxygens (including phenoxy) is 4. The van der Waals surface area contributed by atoms with Crippen LogP contribution in [0, 0.1) is 0 Å². The maximum Gasteiger partial charge on any atom is 0.220 e. The van der Waals surface area contributed by atoms with Crippen LogP contribution in [0.2, 0.25) is 0 Å². The molecule has 0 spiro atoms. The van der Waals surface area contributed by atoms with Gasteiger partial charge in [0.1, 0.15) is 48.8 Å². The number of nitrogens with one attached hydrogen (secondary N) is 1. The molecule has 0 aromatic carbocycles. The fraction of sp³-hybridized carbons (Fsp3) is 0.693. The molecular weight excluding hydrogens is 1120 g/mol. The van der Waals surface area contributed by atoms with E-state index in [9.17, 15) is 45.6 Å². The molecule has 1 amide bonds. The number of unbranched alkanes of at least 4 members (excludes halogenated alkanes) is 22. The Morgan fingerprint density at radius 3 is 1.24 bits per heavy atom. The highest BCUT2D eigenvalue weighted by atomic mass is 16.7. The van der Waals surface area contributed by atoms with Crippen molar-refractivity contribution in [2.75, 3.05) is 19.8 Å². The topological polar surface area (TPSA) is 228 Å². The smallest absolute Gasteiger partial charge is 0.220 e. The molecule has 14 heteroatoms. The predicted molar refractivity (Wildman–Crippen MR) is 364 cm³/mol. The van der Waals surface area contributed by atoms with Gasteiger partial charge >= 0.3 is 0 Å². The summed E-state index contributed by atoms with van der Waals surface area (Å²) in [5, 5.41) is 87.4. The molecule has 14 nitrogen and oxygen atoms in total. The zero-order chi connectivity index (χ0) is 64.5. The summed E-state index contributed by atoms with van der Waals surface area (Å²) in [5.41, 5.74) is 0. The fourth-order valence-corrected chi connectivity index (χ4v) is 10.5. The van der Waals surface area contributed by atoms with Crippen molar-refractivity contribution in [1.82, 2.24) is 5.32 Å².